The first-order valence-corrected chi connectivity index (χ1v) is 6.10. The highest BCUT2D eigenvalue weighted by atomic mass is 16.5. The van der Waals surface area contributed by atoms with E-state index in [1.165, 1.54) is 5.56 Å². The number of benzene rings is 1. The molecule has 0 spiro atoms. The van der Waals surface area contributed by atoms with Crippen molar-refractivity contribution < 1.29 is 4.74 Å². The summed E-state index contributed by atoms with van der Waals surface area (Å²) in [7, 11) is 0. The zero-order chi connectivity index (χ0) is 12.7. The highest BCUT2D eigenvalue weighted by Gasteiger charge is 2.12. The molecule has 0 fully saturated rings. The van der Waals surface area contributed by atoms with Crippen LogP contribution in [0.15, 0.2) is 24.3 Å². The van der Waals surface area contributed by atoms with Gasteiger partial charge in [0, 0.05) is 24.1 Å². The lowest BCUT2D eigenvalue weighted by atomic mass is 10.1. The van der Waals surface area contributed by atoms with Crippen LogP contribution in [0.2, 0.25) is 0 Å². The van der Waals surface area contributed by atoms with Crippen LogP contribution in [0.1, 0.15) is 38.8 Å². The van der Waals surface area contributed by atoms with E-state index in [2.05, 4.69) is 31.2 Å². The zero-order valence-corrected chi connectivity index (χ0v) is 10.9. The van der Waals surface area contributed by atoms with Crippen molar-refractivity contribution in [1.82, 2.24) is 5.32 Å². The Morgan fingerprint density at radius 2 is 2.06 bits per heavy atom. The molecular formula is C15H21NO. The van der Waals surface area contributed by atoms with E-state index >= 15 is 0 Å². The first kappa shape index (κ1) is 13.6. The standard InChI is InChI=1S/C15H21NO/c1-5-9-12(3)16-13(4)14-10-7-8-11-15(14)17-6-2/h1,7-8,10-13,16H,6,9H2,2-4H3. The first-order valence-electron chi connectivity index (χ1n) is 6.10. The van der Waals surface area contributed by atoms with Crippen LogP contribution < -0.4 is 10.1 Å². The fraction of sp³-hybridized carbons (Fsp3) is 0.467. The molecular weight excluding hydrogens is 210 g/mol. The monoisotopic (exact) mass is 231 g/mol. The fourth-order valence-corrected chi connectivity index (χ4v) is 1.88. The van der Waals surface area contributed by atoms with Gasteiger partial charge in [-0.2, -0.15) is 0 Å². The van der Waals surface area contributed by atoms with Gasteiger partial charge in [0.1, 0.15) is 5.75 Å². The van der Waals surface area contributed by atoms with Gasteiger partial charge in [-0.25, -0.2) is 0 Å². The fourth-order valence-electron chi connectivity index (χ4n) is 1.88. The Labute approximate surface area is 104 Å². The van der Waals surface area contributed by atoms with Crippen molar-refractivity contribution >= 4 is 0 Å². The SMILES string of the molecule is C#CCC(C)NC(C)c1ccccc1OCC. The molecule has 2 nitrogen and oxygen atoms in total. The number of hydrogen-bond donors (Lipinski definition) is 1. The highest BCUT2D eigenvalue weighted by molar-refractivity contribution is 5.35. The molecule has 92 valence electrons. The molecule has 2 heteroatoms. The summed E-state index contributed by atoms with van der Waals surface area (Å²) in [6.45, 7) is 6.91. The Hall–Kier alpha value is -1.46. The van der Waals surface area contributed by atoms with Gasteiger partial charge in [-0.3, -0.25) is 0 Å². The third kappa shape index (κ3) is 4.13. The minimum Gasteiger partial charge on any atom is -0.494 e. The van der Waals surface area contributed by atoms with Crippen molar-refractivity contribution in [3.63, 3.8) is 0 Å². The minimum atomic E-state index is 0.237. The molecule has 0 aromatic heterocycles. The number of hydrogen-bond acceptors (Lipinski definition) is 2. The van der Waals surface area contributed by atoms with Gasteiger partial charge in [0.05, 0.1) is 6.61 Å². The Kier molecular flexibility index (Phi) is 5.59. The summed E-state index contributed by atoms with van der Waals surface area (Å²) in [6.07, 6.45) is 6.04. The van der Waals surface area contributed by atoms with E-state index in [0.29, 0.717) is 12.6 Å². The van der Waals surface area contributed by atoms with Crippen LogP contribution in [0, 0.1) is 12.3 Å². The molecule has 0 radical (unpaired) electrons. The molecule has 1 aromatic carbocycles. The molecule has 2 unspecified atom stereocenters. The third-order valence-electron chi connectivity index (χ3n) is 2.64. The summed E-state index contributed by atoms with van der Waals surface area (Å²) in [5.74, 6) is 3.62. The summed E-state index contributed by atoms with van der Waals surface area (Å²) < 4.78 is 5.62. The van der Waals surface area contributed by atoms with Crippen molar-refractivity contribution in [1.29, 1.82) is 0 Å². The van der Waals surface area contributed by atoms with Gasteiger partial charge >= 0.3 is 0 Å². The predicted molar refractivity (Wildman–Crippen MR) is 72.1 cm³/mol. The average Bonchev–Trinajstić information content (AvgIpc) is 2.30. The Balaban J connectivity index is 2.74. The topological polar surface area (TPSA) is 21.3 Å². The number of nitrogens with one attached hydrogen (secondary N) is 1. The third-order valence-corrected chi connectivity index (χ3v) is 2.64. The Morgan fingerprint density at radius 1 is 1.35 bits per heavy atom. The Morgan fingerprint density at radius 3 is 2.71 bits per heavy atom. The van der Waals surface area contributed by atoms with Crippen molar-refractivity contribution in [2.75, 3.05) is 6.61 Å². The van der Waals surface area contributed by atoms with Crippen LogP contribution in [-0.2, 0) is 0 Å². The van der Waals surface area contributed by atoms with Crippen molar-refractivity contribution in [3.8, 4) is 18.1 Å². The second-order valence-corrected chi connectivity index (χ2v) is 4.17. The number of para-hydroxylation sites is 1. The van der Waals surface area contributed by atoms with Crippen LogP contribution in [0.5, 0.6) is 5.75 Å². The average molecular weight is 231 g/mol. The minimum absolute atomic E-state index is 0.237. The van der Waals surface area contributed by atoms with E-state index < -0.39 is 0 Å². The molecule has 0 saturated carbocycles. The normalized spacial score (nSPS) is 13.8. The summed E-state index contributed by atoms with van der Waals surface area (Å²) >= 11 is 0. The van der Waals surface area contributed by atoms with Gasteiger partial charge in [0.15, 0.2) is 0 Å². The van der Waals surface area contributed by atoms with Crippen LogP contribution in [0.4, 0.5) is 0 Å². The molecule has 1 N–H and O–H groups in total. The van der Waals surface area contributed by atoms with Crippen molar-refractivity contribution in [2.24, 2.45) is 0 Å². The summed E-state index contributed by atoms with van der Waals surface area (Å²) in [5.41, 5.74) is 1.18. The molecule has 1 rings (SSSR count). The predicted octanol–water partition coefficient (Wildman–Crippen LogP) is 3.15. The number of rotatable bonds is 6. The van der Waals surface area contributed by atoms with Gasteiger partial charge < -0.3 is 10.1 Å². The molecule has 17 heavy (non-hydrogen) atoms. The van der Waals surface area contributed by atoms with Crippen LogP contribution >= 0.6 is 0 Å². The van der Waals surface area contributed by atoms with Gasteiger partial charge in [-0.05, 0) is 26.8 Å². The quantitative estimate of drug-likeness (QED) is 0.759. The van der Waals surface area contributed by atoms with E-state index in [1.54, 1.807) is 0 Å². The van der Waals surface area contributed by atoms with Gasteiger partial charge in [0.25, 0.3) is 0 Å². The molecule has 2 atom stereocenters. The van der Waals surface area contributed by atoms with Crippen LogP contribution in [0.3, 0.4) is 0 Å². The van der Waals surface area contributed by atoms with Crippen LogP contribution in [0.25, 0.3) is 0 Å². The molecule has 0 aliphatic carbocycles. The summed E-state index contributed by atoms with van der Waals surface area (Å²) in [6, 6.07) is 8.66. The van der Waals surface area contributed by atoms with E-state index in [1.807, 2.05) is 25.1 Å². The first-order chi connectivity index (χ1) is 8.19. The van der Waals surface area contributed by atoms with Crippen LogP contribution in [-0.4, -0.2) is 12.6 Å². The molecule has 0 heterocycles. The smallest absolute Gasteiger partial charge is 0.124 e. The van der Waals surface area contributed by atoms with Crippen molar-refractivity contribution in [3.05, 3.63) is 29.8 Å². The summed E-state index contributed by atoms with van der Waals surface area (Å²) in [4.78, 5) is 0. The molecule has 0 bridgehead atoms. The molecule has 0 aliphatic rings. The highest BCUT2D eigenvalue weighted by Crippen LogP contribution is 2.25. The van der Waals surface area contributed by atoms with E-state index in [-0.39, 0.29) is 6.04 Å². The maximum absolute atomic E-state index is 5.62. The number of terminal acetylenes is 1. The second kappa shape index (κ2) is 6.98. The van der Waals surface area contributed by atoms with E-state index in [0.717, 1.165) is 12.2 Å². The van der Waals surface area contributed by atoms with E-state index in [9.17, 15) is 0 Å². The molecule has 1 aromatic rings. The molecule has 0 amide bonds. The Bertz CT molecular complexity index is 381. The lowest BCUT2D eigenvalue weighted by Gasteiger charge is -2.21. The zero-order valence-electron chi connectivity index (χ0n) is 10.9. The second-order valence-electron chi connectivity index (χ2n) is 4.17. The van der Waals surface area contributed by atoms with E-state index in [4.69, 9.17) is 11.2 Å². The molecule has 0 saturated heterocycles. The van der Waals surface area contributed by atoms with Crippen molar-refractivity contribution in [2.45, 2.75) is 39.3 Å². The maximum atomic E-state index is 5.62. The summed E-state index contributed by atoms with van der Waals surface area (Å²) in [5, 5.41) is 3.47. The lowest BCUT2D eigenvalue weighted by Crippen LogP contribution is -2.28. The van der Waals surface area contributed by atoms with Gasteiger partial charge in [0.2, 0.25) is 0 Å². The van der Waals surface area contributed by atoms with Gasteiger partial charge in [-0.15, -0.1) is 12.3 Å². The maximum Gasteiger partial charge on any atom is 0.124 e. The largest absolute Gasteiger partial charge is 0.494 e. The lowest BCUT2D eigenvalue weighted by molar-refractivity contribution is 0.330. The van der Waals surface area contributed by atoms with Gasteiger partial charge in [-0.1, -0.05) is 18.2 Å². The number of ether oxygens (including phenoxy) is 1. The molecule has 0 aliphatic heterocycles.